The third-order valence-electron chi connectivity index (χ3n) is 3.76. The van der Waals surface area contributed by atoms with E-state index in [1.807, 2.05) is 18.2 Å². The van der Waals surface area contributed by atoms with E-state index in [9.17, 15) is 4.79 Å². The molecule has 2 rings (SSSR count). The number of benzene rings is 1. The van der Waals surface area contributed by atoms with Crippen molar-refractivity contribution in [3.05, 3.63) is 23.8 Å². The Morgan fingerprint density at radius 2 is 2.10 bits per heavy atom. The normalized spacial score (nSPS) is 15.5. The molecule has 21 heavy (non-hydrogen) atoms. The van der Waals surface area contributed by atoms with Gasteiger partial charge in [-0.2, -0.15) is 0 Å². The van der Waals surface area contributed by atoms with Crippen LogP contribution in [0.1, 0.15) is 46.1 Å². The van der Waals surface area contributed by atoms with E-state index in [4.69, 9.17) is 9.47 Å². The summed E-state index contributed by atoms with van der Waals surface area (Å²) in [5.74, 6) is 1.34. The maximum atomic E-state index is 11.9. The third-order valence-corrected chi connectivity index (χ3v) is 3.76. The highest BCUT2D eigenvalue weighted by molar-refractivity contribution is 5.78. The average Bonchev–Trinajstić information content (AvgIpc) is 2.76. The molecule has 0 bridgehead atoms. The summed E-state index contributed by atoms with van der Waals surface area (Å²) >= 11 is 0. The zero-order valence-electron chi connectivity index (χ0n) is 13.4. The van der Waals surface area contributed by atoms with Gasteiger partial charge in [-0.05, 0) is 32.8 Å². The van der Waals surface area contributed by atoms with E-state index in [1.54, 1.807) is 0 Å². The molecule has 0 spiro atoms. The number of para-hydroxylation sites is 1. The number of rotatable bonds is 6. The van der Waals surface area contributed by atoms with Gasteiger partial charge in [0.15, 0.2) is 18.1 Å². The quantitative estimate of drug-likeness (QED) is 0.876. The zero-order chi connectivity index (χ0) is 15.5. The highest BCUT2D eigenvalue weighted by Gasteiger charge is 2.32. The molecule has 0 unspecified atom stereocenters. The van der Waals surface area contributed by atoms with Crippen LogP contribution in [0.3, 0.4) is 0 Å². The van der Waals surface area contributed by atoms with Gasteiger partial charge in [0, 0.05) is 18.0 Å². The molecule has 0 atom stereocenters. The number of hydrogen-bond acceptors (Lipinski definition) is 3. The smallest absolute Gasteiger partial charge is 0.258 e. The fourth-order valence-corrected chi connectivity index (χ4v) is 2.61. The van der Waals surface area contributed by atoms with Crippen LogP contribution in [0.15, 0.2) is 18.2 Å². The fourth-order valence-electron chi connectivity index (χ4n) is 2.61. The van der Waals surface area contributed by atoms with Crippen LogP contribution in [0, 0.1) is 0 Å². The van der Waals surface area contributed by atoms with Gasteiger partial charge >= 0.3 is 0 Å². The number of carbonyl (C=O) groups is 1. The van der Waals surface area contributed by atoms with Crippen molar-refractivity contribution >= 4 is 5.91 Å². The van der Waals surface area contributed by atoms with Gasteiger partial charge in [0.2, 0.25) is 0 Å². The summed E-state index contributed by atoms with van der Waals surface area (Å²) in [5.41, 5.74) is 0.928. The Bertz CT molecular complexity index is 507. The predicted molar refractivity (Wildman–Crippen MR) is 82.9 cm³/mol. The van der Waals surface area contributed by atoms with E-state index in [0.29, 0.717) is 5.75 Å². The molecule has 1 aliphatic heterocycles. The van der Waals surface area contributed by atoms with Gasteiger partial charge in [0.1, 0.15) is 5.60 Å². The number of nitrogens with one attached hydrogen (secondary N) is 1. The topological polar surface area (TPSA) is 47.6 Å². The van der Waals surface area contributed by atoms with E-state index < -0.39 is 0 Å². The number of amides is 1. The van der Waals surface area contributed by atoms with E-state index >= 15 is 0 Å². The minimum Gasteiger partial charge on any atom is -0.483 e. The van der Waals surface area contributed by atoms with Crippen LogP contribution < -0.4 is 14.8 Å². The number of ether oxygens (including phenoxy) is 2. The summed E-state index contributed by atoms with van der Waals surface area (Å²) in [6, 6.07) is 6.06. The van der Waals surface area contributed by atoms with Crippen molar-refractivity contribution in [3.8, 4) is 11.5 Å². The van der Waals surface area contributed by atoms with Gasteiger partial charge in [0.25, 0.3) is 5.91 Å². The molecule has 0 saturated carbocycles. The molecule has 4 nitrogen and oxygen atoms in total. The van der Waals surface area contributed by atoms with Crippen molar-refractivity contribution in [2.24, 2.45) is 0 Å². The monoisotopic (exact) mass is 291 g/mol. The Morgan fingerprint density at radius 1 is 1.38 bits per heavy atom. The van der Waals surface area contributed by atoms with Gasteiger partial charge < -0.3 is 14.8 Å². The van der Waals surface area contributed by atoms with Crippen LogP contribution in [0.5, 0.6) is 11.5 Å². The molecule has 4 heteroatoms. The second-order valence-corrected chi connectivity index (χ2v) is 6.15. The highest BCUT2D eigenvalue weighted by atomic mass is 16.5. The fraction of sp³-hybridized carbons (Fsp3) is 0.588. The first kappa shape index (κ1) is 15.7. The van der Waals surface area contributed by atoms with E-state index in [2.05, 4.69) is 33.0 Å². The maximum Gasteiger partial charge on any atom is 0.258 e. The molecule has 0 radical (unpaired) electrons. The maximum absolute atomic E-state index is 11.9. The molecule has 116 valence electrons. The number of carbonyl (C=O) groups excluding carboxylic acids is 1. The van der Waals surface area contributed by atoms with Crippen LogP contribution in [0.2, 0.25) is 0 Å². The molecule has 1 aromatic carbocycles. The lowest BCUT2D eigenvalue weighted by molar-refractivity contribution is -0.123. The molecule has 1 aliphatic rings. The van der Waals surface area contributed by atoms with Crippen LogP contribution in [0.4, 0.5) is 0 Å². The molecule has 0 aliphatic carbocycles. The lowest BCUT2D eigenvalue weighted by atomic mass is 10.0. The minimum atomic E-state index is -0.209. The SMILES string of the molecule is CCC(CC)NC(=O)COc1cccc2c1OC(C)(C)C2. The van der Waals surface area contributed by atoms with Crippen molar-refractivity contribution in [2.45, 2.75) is 58.6 Å². The molecule has 0 fully saturated rings. The molecular formula is C17H25NO3. The van der Waals surface area contributed by atoms with Crippen molar-refractivity contribution in [1.82, 2.24) is 5.32 Å². The van der Waals surface area contributed by atoms with Crippen LogP contribution in [-0.2, 0) is 11.2 Å². The number of fused-ring (bicyclic) bond motifs is 1. The summed E-state index contributed by atoms with van der Waals surface area (Å²) in [6.07, 6.45) is 2.72. The molecule has 1 N–H and O–H groups in total. The highest BCUT2D eigenvalue weighted by Crippen LogP contribution is 2.41. The van der Waals surface area contributed by atoms with E-state index in [1.165, 1.54) is 0 Å². The first-order chi connectivity index (χ1) is 9.95. The summed E-state index contributed by atoms with van der Waals surface area (Å²) < 4.78 is 11.6. The first-order valence-corrected chi connectivity index (χ1v) is 7.68. The first-order valence-electron chi connectivity index (χ1n) is 7.68. The van der Waals surface area contributed by atoms with Gasteiger partial charge in [0.05, 0.1) is 0 Å². The van der Waals surface area contributed by atoms with Gasteiger partial charge in [-0.3, -0.25) is 4.79 Å². The summed E-state index contributed by atoms with van der Waals surface area (Å²) in [6.45, 7) is 8.26. The second kappa shape index (κ2) is 6.37. The van der Waals surface area contributed by atoms with Crippen molar-refractivity contribution in [2.75, 3.05) is 6.61 Å². The van der Waals surface area contributed by atoms with Crippen molar-refractivity contribution in [1.29, 1.82) is 0 Å². The summed E-state index contributed by atoms with van der Waals surface area (Å²) in [5, 5.41) is 2.97. The Balaban J connectivity index is 1.96. The van der Waals surface area contributed by atoms with Crippen LogP contribution in [0.25, 0.3) is 0 Å². The van der Waals surface area contributed by atoms with Crippen LogP contribution >= 0.6 is 0 Å². The zero-order valence-corrected chi connectivity index (χ0v) is 13.4. The molecule has 0 saturated heterocycles. The Hall–Kier alpha value is -1.71. The van der Waals surface area contributed by atoms with Gasteiger partial charge in [-0.1, -0.05) is 26.0 Å². The molecular weight excluding hydrogens is 266 g/mol. The molecule has 1 heterocycles. The Morgan fingerprint density at radius 3 is 2.76 bits per heavy atom. The summed E-state index contributed by atoms with van der Waals surface area (Å²) in [4.78, 5) is 11.9. The third kappa shape index (κ3) is 3.90. The Kier molecular flexibility index (Phi) is 4.76. The lowest BCUT2D eigenvalue weighted by Gasteiger charge is -2.18. The minimum absolute atomic E-state index is 0.0245. The largest absolute Gasteiger partial charge is 0.483 e. The van der Waals surface area contributed by atoms with Gasteiger partial charge in [-0.25, -0.2) is 0 Å². The lowest BCUT2D eigenvalue weighted by Crippen LogP contribution is -2.37. The van der Waals surface area contributed by atoms with E-state index in [-0.39, 0.29) is 24.2 Å². The standard InChI is InChI=1S/C17H25NO3/c1-5-13(6-2)18-15(19)11-20-14-9-7-8-12-10-17(3,4)21-16(12)14/h7-9,13H,5-6,10-11H2,1-4H3,(H,18,19). The van der Waals surface area contributed by atoms with Gasteiger partial charge in [-0.15, -0.1) is 0 Å². The average molecular weight is 291 g/mol. The Labute approximate surface area is 126 Å². The second-order valence-electron chi connectivity index (χ2n) is 6.15. The van der Waals surface area contributed by atoms with Crippen molar-refractivity contribution in [3.63, 3.8) is 0 Å². The van der Waals surface area contributed by atoms with Crippen molar-refractivity contribution < 1.29 is 14.3 Å². The summed E-state index contributed by atoms with van der Waals surface area (Å²) in [7, 11) is 0. The predicted octanol–water partition coefficient (Wildman–Crippen LogP) is 3.08. The number of hydrogen-bond donors (Lipinski definition) is 1. The van der Waals surface area contributed by atoms with Crippen LogP contribution in [-0.4, -0.2) is 24.2 Å². The molecule has 1 amide bonds. The van der Waals surface area contributed by atoms with E-state index in [0.717, 1.165) is 30.6 Å². The molecule has 1 aromatic rings. The molecule has 0 aromatic heterocycles.